The second-order valence-electron chi connectivity index (χ2n) is 6.21. The standard InChI is InChI=1S/C15H28N2O/c1-3-12-4-6-13(7-5-12)15(18)17-14-10-16-9-8-11(14)2/h11-14,16H,3-10H2,1-2H3,(H,17,18). The molecule has 3 nitrogen and oxygen atoms in total. The van der Waals surface area contributed by atoms with Crippen molar-refractivity contribution in [2.75, 3.05) is 13.1 Å². The number of hydrogen-bond acceptors (Lipinski definition) is 2. The van der Waals surface area contributed by atoms with Crippen molar-refractivity contribution in [1.82, 2.24) is 10.6 Å². The molecule has 2 aliphatic rings. The van der Waals surface area contributed by atoms with Crippen molar-refractivity contribution >= 4 is 5.91 Å². The lowest BCUT2D eigenvalue weighted by Gasteiger charge is -2.33. The molecular weight excluding hydrogens is 224 g/mol. The second-order valence-corrected chi connectivity index (χ2v) is 6.21. The molecule has 0 radical (unpaired) electrons. The third kappa shape index (κ3) is 3.47. The summed E-state index contributed by atoms with van der Waals surface area (Å²) in [5.74, 6) is 2.07. The number of carbonyl (C=O) groups is 1. The molecule has 3 heteroatoms. The minimum atomic E-state index is 0.280. The van der Waals surface area contributed by atoms with Crippen LogP contribution in [0.3, 0.4) is 0 Å². The highest BCUT2D eigenvalue weighted by atomic mass is 16.1. The summed E-state index contributed by atoms with van der Waals surface area (Å²) in [6, 6.07) is 0.343. The summed E-state index contributed by atoms with van der Waals surface area (Å²) in [6.07, 6.45) is 7.13. The van der Waals surface area contributed by atoms with E-state index in [1.54, 1.807) is 0 Å². The predicted octanol–water partition coefficient (Wildman–Crippen LogP) is 2.32. The zero-order chi connectivity index (χ0) is 13.0. The molecule has 1 amide bonds. The van der Waals surface area contributed by atoms with Crippen LogP contribution in [0.25, 0.3) is 0 Å². The first-order chi connectivity index (χ1) is 8.70. The number of nitrogens with one attached hydrogen (secondary N) is 2. The fraction of sp³-hybridized carbons (Fsp3) is 0.933. The Kier molecular flexibility index (Phi) is 5.04. The van der Waals surface area contributed by atoms with E-state index in [1.807, 2.05) is 0 Å². The molecule has 2 unspecified atom stereocenters. The summed E-state index contributed by atoms with van der Waals surface area (Å²) < 4.78 is 0. The maximum Gasteiger partial charge on any atom is 0.223 e. The van der Waals surface area contributed by atoms with Crippen molar-refractivity contribution in [3.05, 3.63) is 0 Å². The van der Waals surface area contributed by atoms with Crippen LogP contribution in [0, 0.1) is 17.8 Å². The molecule has 1 aliphatic carbocycles. The molecular formula is C15H28N2O. The molecule has 2 N–H and O–H groups in total. The summed E-state index contributed by atoms with van der Waals surface area (Å²) in [5.41, 5.74) is 0. The van der Waals surface area contributed by atoms with Crippen molar-refractivity contribution in [3.63, 3.8) is 0 Å². The molecule has 2 fully saturated rings. The first-order valence-corrected chi connectivity index (χ1v) is 7.71. The van der Waals surface area contributed by atoms with Gasteiger partial charge in [0.2, 0.25) is 5.91 Å². The van der Waals surface area contributed by atoms with Gasteiger partial charge in [-0.2, -0.15) is 0 Å². The van der Waals surface area contributed by atoms with Crippen LogP contribution in [-0.2, 0) is 4.79 Å². The van der Waals surface area contributed by atoms with Gasteiger partial charge >= 0.3 is 0 Å². The molecule has 1 heterocycles. The van der Waals surface area contributed by atoms with E-state index in [2.05, 4.69) is 24.5 Å². The van der Waals surface area contributed by atoms with Crippen LogP contribution in [0.1, 0.15) is 52.4 Å². The number of piperidine rings is 1. The minimum Gasteiger partial charge on any atom is -0.352 e. The zero-order valence-electron chi connectivity index (χ0n) is 11.9. The molecule has 0 aromatic rings. The maximum absolute atomic E-state index is 12.3. The zero-order valence-corrected chi connectivity index (χ0v) is 11.9. The normalized spacial score (nSPS) is 37.2. The Bertz CT molecular complexity index is 272. The first kappa shape index (κ1) is 13.9. The number of carbonyl (C=O) groups excluding carboxylic acids is 1. The van der Waals surface area contributed by atoms with Crippen LogP contribution in [0.15, 0.2) is 0 Å². The fourth-order valence-corrected chi connectivity index (χ4v) is 3.32. The van der Waals surface area contributed by atoms with Crippen LogP contribution in [-0.4, -0.2) is 25.0 Å². The topological polar surface area (TPSA) is 41.1 Å². The van der Waals surface area contributed by atoms with E-state index >= 15 is 0 Å². The summed E-state index contributed by atoms with van der Waals surface area (Å²) in [4.78, 5) is 12.3. The molecule has 1 saturated carbocycles. The van der Waals surface area contributed by atoms with Crippen molar-refractivity contribution in [3.8, 4) is 0 Å². The van der Waals surface area contributed by atoms with Crippen LogP contribution < -0.4 is 10.6 Å². The Hall–Kier alpha value is -0.570. The second kappa shape index (κ2) is 6.55. The lowest BCUT2D eigenvalue weighted by Crippen LogP contribution is -2.51. The Balaban J connectivity index is 1.77. The molecule has 0 aromatic heterocycles. The molecule has 2 rings (SSSR count). The molecule has 1 saturated heterocycles. The van der Waals surface area contributed by atoms with Crippen LogP contribution in [0.2, 0.25) is 0 Å². The van der Waals surface area contributed by atoms with Crippen molar-refractivity contribution in [1.29, 1.82) is 0 Å². The van der Waals surface area contributed by atoms with Gasteiger partial charge in [-0.15, -0.1) is 0 Å². The van der Waals surface area contributed by atoms with Crippen molar-refractivity contribution in [2.24, 2.45) is 17.8 Å². The fourth-order valence-electron chi connectivity index (χ4n) is 3.32. The Morgan fingerprint density at radius 3 is 2.56 bits per heavy atom. The molecule has 104 valence electrons. The van der Waals surface area contributed by atoms with Gasteiger partial charge in [0.1, 0.15) is 0 Å². The van der Waals surface area contributed by atoms with Crippen LogP contribution in [0.4, 0.5) is 0 Å². The van der Waals surface area contributed by atoms with Crippen LogP contribution in [0.5, 0.6) is 0 Å². The molecule has 0 aromatic carbocycles. The van der Waals surface area contributed by atoms with Gasteiger partial charge in [-0.25, -0.2) is 0 Å². The van der Waals surface area contributed by atoms with Gasteiger partial charge in [-0.1, -0.05) is 20.3 Å². The van der Waals surface area contributed by atoms with Crippen molar-refractivity contribution in [2.45, 2.75) is 58.4 Å². The third-order valence-electron chi connectivity index (χ3n) is 4.95. The van der Waals surface area contributed by atoms with Gasteiger partial charge in [0.25, 0.3) is 0 Å². The first-order valence-electron chi connectivity index (χ1n) is 7.71. The lowest BCUT2D eigenvalue weighted by atomic mass is 9.80. The Morgan fingerprint density at radius 2 is 1.94 bits per heavy atom. The average molecular weight is 252 g/mol. The maximum atomic E-state index is 12.3. The van der Waals surface area contributed by atoms with Gasteiger partial charge in [0.15, 0.2) is 0 Å². The average Bonchev–Trinajstić information content (AvgIpc) is 2.41. The van der Waals surface area contributed by atoms with Gasteiger partial charge < -0.3 is 10.6 Å². The summed E-state index contributed by atoms with van der Waals surface area (Å²) in [7, 11) is 0. The monoisotopic (exact) mass is 252 g/mol. The number of rotatable bonds is 3. The van der Waals surface area contributed by atoms with Gasteiger partial charge in [-0.3, -0.25) is 4.79 Å². The number of hydrogen-bond donors (Lipinski definition) is 2. The van der Waals surface area contributed by atoms with E-state index in [0.717, 1.165) is 31.8 Å². The summed E-state index contributed by atoms with van der Waals surface area (Å²) in [6.45, 7) is 6.55. The summed E-state index contributed by atoms with van der Waals surface area (Å²) in [5, 5.41) is 6.64. The SMILES string of the molecule is CCC1CCC(C(=O)NC2CNCCC2C)CC1. The smallest absolute Gasteiger partial charge is 0.223 e. The van der Waals surface area contributed by atoms with Gasteiger partial charge in [-0.05, 0) is 50.5 Å². The molecule has 1 aliphatic heterocycles. The molecule has 18 heavy (non-hydrogen) atoms. The summed E-state index contributed by atoms with van der Waals surface area (Å²) >= 11 is 0. The van der Waals surface area contributed by atoms with E-state index in [-0.39, 0.29) is 5.92 Å². The predicted molar refractivity (Wildman–Crippen MR) is 74.3 cm³/mol. The number of amides is 1. The van der Waals surface area contributed by atoms with Crippen molar-refractivity contribution < 1.29 is 4.79 Å². The largest absolute Gasteiger partial charge is 0.352 e. The molecule has 2 atom stereocenters. The molecule has 0 bridgehead atoms. The van der Waals surface area contributed by atoms with E-state index < -0.39 is 0 Å². The highest BCUT2D eigenvalue weighted by Gasteiger charge is 2.29. The highest BCUT2D eigenvalue weighted by Crippen LogP contribution is 2.30. The lowest BCUT2D eigenvalue weighted by molar-refractivity contribution is -0.127. The van der Waals surface area contributed by atoms with Crippen LogP contribution >= 0.6 is 0 Å². The Morgan fingerprint density at radius 1 is 1.22 bits per heavy atom. The van der Waals surface area contributed by atoms with E-state index in [0.29, 0.717) is 17.9 Å². The Labute approximate surface area is 111 Å². The quantitative estimate of drug-likeness (QED) is 0.809. The molecule has 0 spiro atoms. The van der Waals surface area contributed by atoms with E-state index in [4.69, 9.17) is 0 Å². The third-order valence-corrected chi connectivity index (χ3v) is 4.95. The highest BCUT2D eigenvalue weighted by molar-refractivity contribution is 5.79. The van der Waals surface area contributed by atoms with Gasteiger partial charge in [0.05, 0.1) is 0 Å². The van der Waals surface area contributed by atoms with E-state index in [1.165, 1.54) is 25.7 Å². The van der Waals surface area contributed by atoms with Gasteiger partial charge in [0, 0.05) is 18.5 Å². The van der Waals surface area contributed by atoms with E-state index in [9.17, 15) is 4.79 Å². The minimum absolute atomic E-state index is 0.280.